The second-order valence-electron chi connectivity index (χ2n) is 6.06. The predicted octanol–water partition coefficient (Wildman–Crippen LogP) is 3.82. The van der Waals surface area contributed by atoms with E-state index in [9.17, 15) is 0 Å². The molecule has 0 saturated heterocycles. The Labute approximate surface area is 135 Å². The Morgan fingerprint density at radius 2 is 1.90 bits per heavy atom. The summed E-state index contributed by atoms with van der Waals surface area (Å²) in [5, 5.41) is 4.55. The molecule has 1 aromatic heterocycles. The summed E-state index contributed by atoms with van der Waals surface area (Å²) in [7, 11) is 0. The van der Waals surface area contributed by atoms with E-state index >= 15 is 0 Å². The first-order valence-electron chi connectivity index (χ1n) is 7.40. The molecule has 0 saturated carbocycles. The lowest BCUT2D eigenvalue weighted by Crippen LogP contribution is -2.43. The Morgan fingerprint density at radius 1 is 1.29 bits per heavy atom. The second kappa shape index (κ2) is 6.32. The van der Waals surface area contributed by atoms with Gasteiger partial charge in [-0.15, -0.1) is 0 Å². The van der Waals surface area contributed by atoms with Crippen LogP contribution in [0.15, 0.2) is 34.8 Å². The summed E-state index contributed by atoms with van der Waals surface area (Å²) in [5.74, 6) is 0. The van der Waals surface area contributed by atoms with Gasteiger partial charge in [-0.05, 0) is 35.3 Å². The third-order valence-electron chi connectivity index (χ3n) is 4.31. The van der Waals surface area contributed by atoms with Gasteiger partial charge in [-0.1, -0.05) is 44.2 Å². The number of aromatic nitrogens is 2. The maximum absolute atomic E-state index is 6.56. The molecular formula is C17H24BrN3. The molecule has 0 bridgehead atoms. The number of hydrogen-bond donors (Lipinski definition) is 1. The molecule has 4 heteroatoms. The standard InChI is InChI=1S/C17H24BrN3/c1-5-21-14(16(18)12(2)20-21)11-15(19)17(3,4)13-9-7-6-8-10-13/h6-10,15H,5,11,19H2,1-4H3. The van der Waals surface area contributed by atoms with Crippen LogP contribution < -0.4 is 5.73 Å². The van der Waals surface area contributed by atoms with Crippen LogP contribution in [0.25, 0.3) is 0 Å². The van der Waals surface area contributed by atoms with E-state index in [1.165, 1.54) is 11.3 Å². The Morgan fingerprint density at radius 3 is 2.48 bits per heavy atom. The van der Waals surface area contributed by atoms with E-state index in [-0.39, 0.29) is 11.5 Å². The van der Waals surface area contributed by atoms with Gasteiger partial charge in [0.1, 0.15) is 0 Å². The van der Waals surface area contributed by atoms with Crippen LogP contribution in [0, 0.1) is 6.92 Å². The van der Waals surface area contributed by atoms with Crippen molar-refractivity contribution in [1.29, 1.82) is 0 Å². The number of rotatable bonds is 5. The van der Waals surface area contributed by atoms with Crippen LogP contribution in [0.2, 0.25) is 0 Å². The molecule has 0 radical (unpaired) electrons. The number of hydrogen-bond acceptors (Lipinski definition) is 2. The van der Waals surface area contributed by atoms with Gasteiger partial charge in [-0.3, -0.25) is 4.68 Å². The van der Waals surface area contributed by atoms with Gasteiger partial charge in [0.25, 0.3) is 0 Å². The van der Waals surface area contributed by atoms with Gasteiger partial charge >= 0.3 is 0 Å². The van der Waals surface area contributed by atoms with Crippen molar-refractivity contribution in [2.24, 2.45) is 5.73 Å². The van der Waals surface area contributed by atoms with Crippen molar-refractivity contribution in [2.45, 2.75) is 52.1 Å². The minimum absolute atomic E-state index is 0.0256. The van der Waals surface area contributed by atoms with Crippen LogP contribution >= 0.6 is 15.9 Å². The summed E-state index contributed by atoms with van der Waals surface area (Å²) >= 11 is 3.65. The molecule has 114 valence electrons. The highest BCUT2D eigenvalue weighted by Gasteiger charge is 2.30. The molecular weight excluding hydrogens is 326 g/mol. The number of halogens is 1. The van der Waals surface area contributed by atoms with E-state index < -0.39 is 0 Å². The van der Waals surface area contributed by atoms with Crippen LogP contribution in [0.3, 0.4) is 0 Å². The van der Waals surface area contributed by atoms with E-state index in [1.807, 2.05) is 17.7 Å². The molecule has 1 aromatic carbocycles. The van der Waals surface area contributed by atoms with E-state index in [4.69, 9.17) is 5.73 Å². The number of nitrogens with zero attached hydrogens (tertiary/aromatic N) is 2. The fraction of sp³-hybridized carbons (Fsp3) is 0.471. The van der Waals surface area contributed by atoms with Crippen LogP contribution in [-0.2, 0) is 18.4 Å². The van der Waals surface area contributed by atoms with Gasteiger partial charge in [0, 0.05) is 24.4 Å². The van der Waals surface area contributed by atoms with Crippen molar-refractivity contribution < 1.29 is 0 Å². The molecule has 1 unspecified atom stereocenters. The lowest BCUT2D eigenvalue weighted by molar-refractivity contribution is 0.396. The SMILES string of the molecule is CCn1nc(C)c(Br)c1CC(N)C(C)(C)c1ccccc1. The maximum atomic E-state index is 6.56. The smallest absolute Gasteiger partial charge is 0.0738 e. The van der Waals surface area contributed by atoms with Gasteiger partial charge in [0.2, 0.25) is 0 Å². The summed E-state index contributed by atoms with van der Waals surface area (Å²) in [4.78, 5) is 0. The zero-order valence-electron chi connectivity index (χ0n) is 13.2. The summed E-state index contributed by atoms with van der Waals surface area (Å²) in [6.45, 7) is 9.41. The molecule has 1 heterocycles. The topological polar surface area (TPSA) is 43.8 Å². The lowest BCUT2D eigenvalue weighted by atomic mass is 9.76. The molecule has 0 spiro atoms. The average Bonchev–Trinajstić information content (AvgIpc) is 2.75. The number of benzene rings is 1. The van der Waals surface area contributed by atoms with Crippen molar-refractivity contribution in [3.63, 3.8) is 0 Å². The van der Waals surface area contributed by atoms with Crippen molar-refractivity contribution >= 4 is 15.9 Å². The Kier molecular flexibility index (Phi) is 4.89. The van der Waals surface area contributed by atoms with Crippen molar-refractivity contribution in [3.8, 4) is 0 Å². The predicted molar refractivity (Wildman–Crippen MR) is 91.5 cm³/mol. The molecule has 0 aliphatic heterocycles. The molecule has 0 fully saturated rings. The molecule has 0 aliphatic rings. The molecule has 0 aliphatic carbocycles. The quantitative estimate of drug-likeness (QED) is 0.891. The largest absolute Gasteiger partial charge is 0.327 e. The van der Waals surface area contributed by atoms with Crippen LogP contribution in [0.1, 0.15) is 37.7 Å². The fourth-order valence-electron chi connectivity index (χ4n) is 2.61. The zero-order valence-corrected chi connectivity index (χ0v) is 14.8. The molecule has 2 N–H and O–H groups in total. The van der Waals surface area contributed by atoms with E-state index in [2.05, 4.69) is 66.1 Å². The van der Waals surface area contributed by atoms with Gasteiger partial charge in [0.05, 0.1) is 15.9 Å². The number of aryl methyl sites for hydroxylation is 2. The summed E-state index contributed by atoms with van der Waals surface area (Å²) < 4.78 is 3.13. The highest BCUT2D eigenvalue weighted by atomic mass is 79.9. The van der Waals surface area contributed by atoms with Crippen LogP contribution in [0.5, 0.6) is 0 Å². The Hall–Kier alpha value is -1.13. The molecule has 3 nitrogen and oxygen atoms in total. The van der Waals surface area contributed by atoms with Crippen molar-refractivity contribution in [3.05, 3.63) is 51.8 Å². The number of nitrogens with two attached hydrogens (primary N) is 1. The molecule has 21 heavy (non-hydrogen) atoms. The fourth-order valence-corrected chi connectivity index (χ4v) is 3.06. The van der Waals surface area contributed by atoms with Crippen molar-refractivity contribution in [2.75, 3.05) is 0 Å². The van der Waals surface area contributed by atoms with Gasteiger partial charge < -0.3 is 5.73 Å². The lowest BCUT2D eigenvalue weighted by Gasteiger charge is -2.32. The Bertz CT molecular complexity index is 602. The van der Waals surface area contributed by atoms with Crippen molar-refractivity contribution in [1.82, 2.24) is 9.78 Å². The molecule has 1 atom stereocenters. The molecule has 2 rings (SSSR count). The van der Waals surface area contributed by atoms with Gasteiger partial charge in [0.15, 0.2) is 0 Å². The van der Waals surface area contributed by atoms with Gasteiger partial charge in [-0.25, -0.2) is 0 Å². The van der Waals surface area contributed by atoms with Crippen LogP contribution in [0.4, 0.5) is 0 Å². The Balaban J connectivity index is 2.27. The van der Waals surface area contributed by atoms with Gasteiger partial charge in [-0.2, -0.15) is 5.10 Å². The van der Waals surface area contributed by atoms with Crippen LogP contribution in [-0.4, -0.2) is 15.8 Å². The minimum Gasteiger partial charge on any atom is -0.327 e. The zero-order chi connectivity index (χ0) is 15.6. The third-order valence-corrected chi connectivity index (χ3v) is 5.34. The summed E-state index contributed by atoms with van der Waals surface area (Å²) in [5.41, 5.74) is 9.95. The molecule has 2 aromatic rings. The first-order valence-corrected chi connectivity index (χ1v) is 8.20. The van der Waals surface area contributed by atoms with E-state index in [0.29, 0.717) is 0 Å². The third kappa shape index (κ3) is 3.22. The minimum atomic E-state index is -0.0859. The monoisotopic (exact) mass is 349 g/mol. The maximum Gasteiger partial charge on any atom is 0.0738 e. The normalized spacial score (nSPS) is 13.4. The first kappa shape index (κ1) is 16.2. The average molecular weight is 350 g/mol. The first-order chi connectivity index (χ1) is 9.87. The second-order valence-corrected chi connectivity index (χ2v) is 6.85. The summed E-state index contributed by atoms with van der Waals surface area (Å²) in [6, 6.07) is 10.5. The van der Waals surface area contributed by atoms with E-state index in [0.717, 1.165) is 23.1 Å². The summed E-state index contributed by atoms with van der Waals surface area (Å²) in [6.07, 6.45) is 0.803. The molecule has 0 amide bonds. The van der Waals surface area contributed by atoms with E-state index in [1.54, 1.807) is 0 Å². The highest BCUT2D eigenvalue weighted by molar-refractivity contribution is 9.10. The highest BCUT2D eigenvalue weighted by Crippen LogP contribution is 2.30.